The molecule has 0 fully saturated rings. The van der Waals surface area contributed by atoms with Crippen LogP contribution in [0.3, 0.4) is 0 Å². The quantitative estimate of drug-likeness (QED) is 0.619. The molecule has 1 aromatic heterocycles. The summed E-state index contributed by atoms with van der Waals surface area (Å²) in [6.07, 6.45) is -0.834. The summed E-state index contributed by atoms with van der Waals surface area (Å²) < 4.78 is 39.3. The molecule has 1 heterocycles. The van der Waals surface area contributed by atoms with Gasteiger partial charge in [0.2, 0.25) is 0 Å². The average molecular weight is 278 g/mol. The van der Waals surface area contributed by atoms with Gasteiger partial charge in [-0.25, -0.2) is 4.98 Å². The second-order valence-electron chi connectivity index (χ2n) is 5.04. The molecular weight excluding hydrogens is 257 g/mol. The molecule has 110 valence electrons. The lowest BCUT2D eigenvalue weighted by molar-refractivity contribution is -0.142. The molecule has 0 unspecified atom stereocenters. The Balaban J connectivity index is 2.98. The summed E-state index contributed by atoms with van der Waals surface area (Å²) in [5.41, 5.74) is -1.07. The Morgan fingerprint density at radius 3 is 2.32 bits per heavy atom. The Morgan fingerprint density at radius 2 is 1.84 bits per heavy atom. The van der Waals surface area contributed by atoms with Gasteiger partial charge in [-0.2, -0.15) is 17.9 Å². The highest BCUT2D eigenvalue weighted by atomic mass is 19.4. The molecule has 0 saturated heterocycles. The first-order valence-electron chi connectivity index (χ1n) is 6.67. The van der Waals surface area contributed by atoms with Gasteiger partial charge in [-0.15, -0.1) is 0 Å². The molecular formula is C13H21F3N2O. The standard InChI is InChI=1S/C13H21F3N2O/c1-4-5-6-7-8-10-11(13(14,15)16)17-12(9(2)3)18(10)19/h9,19H,4-8H2,1-3H3. The SMILES string of the molecule is CCCCCCc1c(C(F)(F)F)nc(C(C)C)n1O. The Bertz CT molecular complexity index is 411. The van der Waals surface area contributed by atoms with E-state index in [0.717, 1.165) is 19.3 Å². The topological polar surface area (TPSA) is 38.0 Å². The Labute approximate surface area is 111 Å². The van der Waals surface area contributed by atoms with Crippen molar-refractivity contribution in [3.63, 3.8) is 0 Å². The summed E-state index contributed by atoms with van der Waals surface area (Å²) in [6, 6.07) is 0. The van der Waals surface area contributed by atoms with Crippen molar-refractivity contribution in [2.45, 2.75) is 65.0 Å². The molecule has 19 heavy (non-hydrogen) atoms. The second-order valence-corrected chi connectivity index (χ2v) is 5.04. The number of unbranched alkanes of at least 4 members (excludes halogenated alkanes) is 3. The van der Waals surface area contributed by atoms with Crippen molar-refractivity contribution in [3.05, 3.63) is 17.2 Å². The minimum Gasteiger partial charge on any atom is -0.427 e. The minimum absolute atomic E-state index is 0.0674. The predicted molar refractivity (Wildman–Crippen MR) is 66.3 cm³/mol. The normalized spacial score (nSPS) is 12.4. The van der Waals surface area contributed by atoms with Crippen LogP contribution in [0.2, 0.25) is 0 Å². The first kappa shape index (κ1) is 15.9. The van der Waals surface area contributed by atoms with Crippen molar-refractivity contribution >= 4 is 0 Å². The van der Waals surface area contributed by atoms with E-state index in [1.165, 1.54) is 0 Å². The minimum atomic E-state index is -4.52. The summed E-state index contributed by atoms with van der Waals surface area (Å²) >= 11 is 0. The fourth-order valence-corrected chi connectivity index (χ4v) is 2.01. The number of hydrogen-bond acceptors (Lipinski definition) is 2. The van der Waals surface area contributed by atoms with E-state index in [2.05, 4.69) is 4.98 Å². The molecule has 0 atom stereocenters. The van der Waals surface area contributed by atoms with Crippen LogP contribution >= 0.6 is 0 Å². The van der Waals surface area contributed by atoms with Gasteiger partial charge >= 0.3 is 6.18 Å². The number of imidazole rings is 1. The smallest absolute Gasteiger partial charge is 0.427 e. The zero-order chi connectivity index (χ0) is 14.6. The Morgan fingerprint density at radius 1 is 1.21 bits per heavy atom. The molecule has 1 N–H and O–H groups in total. The maximum atomic E-state index is 12.9. The number of halogens is 3. The molecule has 0 aliphatic heterocycles. The van der Waals surface area contributed by atoms with E-state index in [0.29, 0.717) is 11.2 Å². The molecule has 0 radical (unpaired) electrons. The van der Waals surface area contributed by atoms with Gasteiger partial charge in [0, 0.05) is 5.92 Å². The molecule has 6 heteroatoms. The molecule has 1 aromatic rings. The van der Waals surface area contributed by atoms with Gasteiger partial charge in [0.25, 0.3) is 0 Å². The van der Waals surface area contributed by atoms with Gasteiger partial charge in [-0.05, 0) is 12.8 Å². The molecule has 0 aliphatic carbocycles. The van der Waals surface area contributed by atoms with Gasteiger partial charge < -0.3 is 5.21 Å². The Kier molecular flexibility index (Phi) is 5.26. The summed E-state index contributed by atoms with van der Waals surface area (Å²) in [5, 5.41) is 9.85. The van der Waals surface area contributed by atoms with Crippen LogP contribution in [0, 0.1) is 0 Å². The van der Waals surface area contributed by atoms with Gasteiger partial charge in [0.05, 0.1) is 5.69 Å². The van der Waals surface area contributed by atoms with Crippen LogP contribution in [0.5, 0.6) is 0 Å². The number of alkyl halides is 3. The fraction of sp³-hybridized carbons (Fsp3) is 0.769. The van der Waals surface area contributed by atoms with Crippen molar-refractivity contribution in [3.8, 4) is 0 Å². The highest BCUT2D eigenvalue weighted by Gasteiger charge is 2.39. The third kappa shape index (κ3) is 3.88. The Hall–Kier alpha value is -1.20. The molecule has 0 spiro atoms. The highest BCUT2D eigenvalue weighted by Crippen LogP contribution is 2.33. The van der Waals surface area contributed by atoms with E-state index < -0.39 is 11.9 Å². The monoisotopic (exact) mass is 278 g/mol. The van der Waals surface area contributed by atoms with E-state index >= 15 is 0 Å². The van der Waals surface area contributed by atoms with Crippen LogP contribution in [-0.4, -0.2) is 14.9 Å². The molecule has 1 rings (SSSR count). The number of nitrogens with zero attached hydrogens (tertiary/aromatic N) is 2. The van der Waals surface area contributed by atoms with Crippen LogP contribution < -0.4 is 0 Å². The molecule has 0 aliphatic rings. The average Bonchev–Trinajstić information content (AvgIpc) is 2.62. The number of rotatable bonds is 6. The van der Waals surface area contributed by atoms with Gasteiger partial charge in [0.1, 0.15) is 5.82 Å². The van der Waals surface area contributed by atoms with E-state index in [4.69, 9.17) is 0 Å². The van der Waals surface area contributed by atoms with Crippen LogP contribution in [0.15, 0.2) is 0 Å². The highest BCUT2D eigenvalue weighted by molar-refractivity contribution is 5.20. The lowest BCUT2D eigenvalue weighted by Gasteiger charge is -2.08. The van der Waals surface area contributed by atoms with Gasteiger partial charge in [-0.3, -0.25) is 0 Å². The van der Waals surface area contributed by atoms with Crippen molar-refractivity contribution in [2.24, 2.45) is 0 Å². The van der Waals surface area contributed by atoms with E-state index in [9.17, 15) is 18.4 Å². The van der Waals surface area contributed by atoms with Crippen molar-refractivity contribution in [1.82, 2.24) is 9.71 Å². The first-order chi connectivity index (χ1) is 8.79. The summed E-state index contributed by atoms with van der Waals surface area (Å²) in [4.78, 5) is 3.57. The lowest BCUT2D eigenvalue weighted by atomic mass is 10.1. The van der Waals surface area contributed by atoms with Crippen LogP contribution in [-0.2, 0) is 12.6 Å². The molecule has 0 amide bonds. The third-order valence-corrected chi connectivity index (χ3v) is 3.02. The van der Waals surface area contributed by atoms with Crippen molar-refractivity contribution in [2.75, 3.05) is 0 Å². The summed E-state index contributed by atoms with van der Waals surface area (Å²) in [7, 11) is 0. The predicted octanol–water partition coefficient (Wildman–Crippen LogP) is 4.39. The zero-order valence-corrected chi connectivity index (χ0v) is 11.6. The summed E-state index contributed by atoms with van der Waals surface area (Å²) in [5.74, 6) is -0.187. The van der Waals surface area contributed by atoms with E-state index in [-0.39, 0.29) is 23.9 Å². The van der Waals surface area contributed by atoms with Crippen LogP contribution in [0.25, 0.3) is 0 Å². The number of hydrogen-bond donors (Lipinski definition) is 1. The summed E-state index contributed by atoms with van der Waals surface area (Å²) in [6.45, 7) is 5.44. The molecule has 0 bridgehead atoms. The van der Waals surface area contributed by atoms with Crippen molar-refractivity contribution < 1.29 is 18.4 Å². The maximum Gasteiger partial charge on any atom is 0.435 e. The first-order valence-corrected chi connectivity index (χ1v) is 6.67. The van der Waals surface area contributed by atoms with E-state index in [1.54, 1.807) is 13.8 Å². The van der Waals surface area contributed by atoms with Crippen LogP contribution in [0.4, 0.5) is 13.2 Å². The second kappa shape index (κ2) is 6.30. The van der Waals surface area contributed by atoms with E-state index in [1.807, 2.05) is 6.92 Å². The van der Waals surface area contributed by atoms with Crippen LogP contribution in [0.1, 0.15) is 69.6 Å². The largest absolute Gasteiger partial charge is 0.435 e. The molecule has 0 aromatic carbocycles. The maximum absolute atomic E-state index is 12.9. The lowest BCUT2D eigenvalue weighted by Crippen LogP contribution is -2.11. The molecule has 0 saturated carbocycles. The number of aromatic nitrogens is 2. The third-order valence-electron chi connectivity index (χ3n) is 3.02. The fourth-order valence-electron chi connectivity index (χ4n) is 2.01. The van der Waals surface area contributed by atoms with Crippen molar-refractivity contribution in [1.29, 1.82) is 0 Å². The van der Waals surface area contributed by atoms with Gasteiger partial charge in [-0.1, -0.05) is 40.0 Å². The zero-order valence-electron chi connectivity index (χ0n) is 11.6. The van der Waals surface area contributed by atoms with Gasteiger partial charge in [0.15, 0.2) is 5.69 Å². The molecule has 3 nitrogen and oxygen atoms in total.